The van der Waals surface area contributed by atoms with Crippen molar-refractivity contribution in [3.63, 3.8) is 0 Å². The molecule has 3 heteroatoms. The third-order valence-corrected chi connectivity index (χ3v) is 5.51. The monoisotopic (exact) mass is 375 g/mol. The lowest BCUT2D eigenvalue weighted by Crippen LogP contribution is -2.11. The number of amides is 1. The first kappa shape index (κ1) is 19.2. The third kappa shape index (κ3) is 5.73. The molecule has 0 heterocycles. The van der Waals surface area contributed by atoms with E-state index >= 15 is 0 Å². The fourth-order valence-electron chi connectivity index (χ4n) is 2.77. The molecule has 0 fully saturated rings. The first-order valence-electron chi connectivity index (χ1n) is 9.24. The van der Waals surface area contributed by atoms with Gasteiger partial charge in [0.25, 0.3) is 5.91 Å². The lowest BCUT2D eigenvalue weighted by Gasteiger charge is -2.09. The number of benzene rings is 3. The lowest BCUT2D eigenvalue weighted by atomic mass is 10.0. The maximum absolute atomic E-state index is 12.4. The third-order valence-electron chi connectivity index (χ3n) is 4.43. The van der Waals surface area contributed by atoms with Gasteiger partial charge in [0.2, 0.25) is 0 Å². The quantitative estimate of drug-likeness (QED) is 0.511. The van der Waals surface area contributed by atoms with Crippen LogP contribution in [0.4, 0.5) is 5.69 Å². The minimum absolute atomic E-state index is 0.0733. The summed E-state index contributed by atoms with van der Waals surface area (Å²) in [5, 5.41) is 2.96. The van der Waals surface area contributed by atoms with Crippen LogP contribution in [-0.2, 0) is 11.5 Å². The molecule has 0 aliphatic rings. The molecule has 0 atom stereocenters. The summed E-state index contributed by atoms with van der Waals surface area (Å²) >= 11 is 1.88. The minimum atomic E-state index is -0.0733. The van der Waals surface area contributed by atoms with E-state index in [1.807, 2.05) is 54.2 Å². The van der Waals surface area contributed by atoms with Gasteiger partial charge in [-0.05, 0) is 46.9 Å². The summed E-state index contributed by atoms with van der Waals surface area (Å²) in [7, 11) is 0. The van der Waals surface area contributed by atoms with E-state index in [9.17, 15) is 4.79 Å². The molecular weight excluding hydrogens is 350 g/mol. The van der Waals surface area contributed by atoms with Crippen LogP contribution < -0.4 is 5.32 Å². The molecule has 0 bridgehead atoms. The Balaban J connectivity index is 1.52. The SMILES string of the molecule is CC(C)c1ccc(NC(=O)c2ccc(CSCc3ccccc3)cc2)cc1. The molecule has 138 valence electrons. The van der Waals surface area contributed by atoms with Gasteiger partial charge in [0.05, 0.1) is 0 Å². The number of nitrogens with one attached hydrogen (secondary N) is 1. The maximum atomic E-state index is 12.4. The van der Waals surface area contributed by atoms with Crippen LogP contribution in [0.1, 0.15) is 46.8 Å². The molecule has 0 aliphatic carbocycles. The van der Waals surface area contributed by atoms with Gasteiger partial charge in [-0.15, -0.1) is 0 Å². The summed E-state index contributed by atoms with van der Waals surface area (Å²) in [6.45, 7) is 4.32. The highest BCUT2D eigenvalue weighted by Crippen LogP contribution is 2.20. The van der Waals surface area contributed by atoms with Gasteiger partial charge in [-0.25, -0.2) is 0 Å². The fourth-order valence-corrected chi connectivity index (χ4v) is 3.73. The molecule has 0 unspecified atom stereocenters. The van der Waals surface area contributed by atoms with Gasteiger partial charge < -0.3 is 5.32 Å². The number of anilines is 1. The Morgan fingerprint density at radius 1 is 0.815 bits per heavy atom. The molecule has 3 rings (SSSR count). The first-order valence-corrected chi connectivity index (χ1v) is 10.4. The Morgan fingerprint density at radius 3 is 2.00 bits per heavy atom. The molecule has 1 N–H and O–H groups in total. The van der Waals surface area contributed by atoms with Crippen LogP contribution in [0.25, 0.3) is 0 Å². The lowest BCUT2D eigenvalue weighted by molar-refractivity contribution is 0.102. The standard InChI is InChI=1S/C24H25NOS/c1-18(2)21-12-14-23(15-13-21)25-24(26)22-10-8-20(9-11-22)17-27-16-19-6-4-3-5-7-19/h3-15,18H,16-17H2,1-2H3,(H,25,26). The van der Waals surface area contributed by atoms with Gasteiger partial charge in [-0.3, -0.25) is 4.79 Å². The summed E-state index contributed by atoms with van der Waals surface area (Å²) < 4.78 is 0. The van der Waals surface area contributed by atoms with E-state index in [0.29, 0.717) is 11.5 Å². The average molecular weight is 376 g/mol. The molecule has 0 saturated heterocycles. The van der Waals surface area contributed by atoms with Crippen molar-refractivity contribution >= 4 is 23.4 Å². The average Bonchev–Trinajstić information content (AvgIpc) is 2.70. The zero-order valence-corrected chi connectivity index (χ0v) is 16.6. The van der Waals surface area contributed by atoms with Crippen molar-refractivity contribution in [1.82, 2.24) is 0 Å². The molecule has 0 radical (unpaired) electrons. The second-order valence-electron chi connectivity index (χ2n) is 6.91. The summed E-state index contributed by atoms with van der Waals surface area (Å²) in [6, 6.07) is 26.4. The second kappa shape index (κ2) is 9.43. The van der Waals surface area contributed by atoms with Crippen molar-refractivity contribution in [2.24, 2.45) is 0 Å². The highest BCUT2D eigenvalue weighted by molar-refractivity contribution is 7.97. The van der Waals surface area contributed by atoms with E-state index in [4.69, 9.17) is 0 Å². The van der Waals surface area contributed by atoms with Gasteiger partial charge in [0, 0.05) is 22.8 Å². The second-order valence-corrected chi connectivity index (χ2v) is 7.89. The van der Waals surface area contributed by atoms with Crippen LogP contribution in [-0.4, -0.2) is 5.91 Å². The molecule has 27 heavy (non-hydrogen) atoms. The number of carbonyl (C=O) groups excluding carboxylic acids is 1. The van der Waals surface area contributed by atoms with Crippen LogP contribution >= 0.6 is 11.8 Å². The number of hydrogen-bond donors (Lipinski definition) is 1. The Morgan fingerprint density at radius 2 is 1.41 bits per heavy atom. The van der Waals surface area contributed by atoms with Crippen LogP contribution in [0.5, 0.6) is 0 Å². The zero-order valence-electron chi connectivity index (χ0n) is 15.8. The number of rotatable bonds is 7. The number of hydrogen-bond acceptors (Lipinski definition) is 2. The normalized spacial score (nSPS) is 10.8. The highest BCUT2D eigenvalue weighted by Gasteiger charge is 2.07. The summed E-state index contributed by atoms with van der Waals surface area (Å²) in [5.74, 6) is 2.35. The van der Waals surface area contributed by atoms with E-state index in [1.165, 1.54) is 16.7 Å². The Bertz CT molecular complexity index is 855. The number of carbonyl (C=O) groups is 1. The first-order chi connectivity index (χ1) is 13.1. The fraction of sp³-hybridized carbons (Fsp3) is 0.208. The van der Waals surface area contributed by atoms with E-state index in [2.05, 4.69) is 55.6 Å². The predicted octanol–water partition coefficient (Wildman–Crippen LogP) is 6.50. The van der Waals surface area contributed by atoms with Crippen molar-refractivity contribution in [3.05, 3.63) is 101 Å². The van der Waals surface area contributed by atoms with Crippen molar-refractivity contribution in [1.29, 1.82) is 0 Å². The number of thioether (sulfide) groups is 1. The van der Waals surface area contributed by atoms with Gasteiger partial charge in [-0.2, -0.15) is 11.8 Å². The zero-order chi connectivity index (χ0) is 19.1. The van der Waals surface area contributed by atoms with E-state index in [-0.39, 0.29) is 5.91 Å². The smallest absolute Gasteiger partial charge is 0.255 e. The molecule has 0 aliphatic heterocycles. The van der Waals surface area contributed by atoms with Gasteiger partial charge in [0.15, 0.2) is 0 Å². The topological polar surface area (TPSA) is 29.1 Å². The minimum Gasteiger partial charge on any atom is -0.322 e. The Labute approximate surface area is 166 Å². The summed E-state index contributed by atoms with van der Waals surface area (Å²) in [4.78, 5) is 12.4. The van der Waals surface area contributed by atoms with Crippen molar-refractivity contribution in [2.45, 2.75) is 31.3 Å². The van der Waals surface area contributed by atoms with Crippen molar-refractivity contribution in [3.8, 4) is 0 Å². The molecule has 1 amide bonds. The molecule has 3 aromatic carbocycles. The van der Waals surface area contributed by atoms with Crippen LogP contribution in [0, 0.1) is 0 Å². The Kier molecular flexibility index (Phi) is 6.72. The van der Waals surface area contributed by atoms with Crippen LogP contribution in [0.15, 0.2) is 78.9 Å². The Hall–Kier alpha value is -2.52. The van der Waals surface area contributed by atoms with Gasteiger partial charge in [-0.1, -0.05) is 68.4 Å². The molecule has 0 aromatic heterocycles. The van der Waals surface area contributed by atoms with Crippen LogP contribution in [0.2, 0.25) is 0 Å². The van der Waals surface area contributed by atoms with E-state index in [0.717, 1.165) is 17.2 Å². The van der Waals surface area contributed by atoms with Crippen molar-refractivity contribution in [2.75, 3.05) is 5.32 Å². The van der Waals surface area contributed by atoms with Crippen molar-refractivity contribution < 1.29 is 4.79 Å². The van der Waals surface area contributed by atoms with Gasteiger partial charge >= 0.3 is 0 Å². The van der Waals surface area contributed by atoms with Gasteiger partial charge in [0.1, 0.15) is 0 Å². The van der Waals surface area contributed by atoms with E-state index < -0.39 is 0 Å². The summed E-state index contributed by atoms with van der Waals surface area (Å²) in [5.41, 5.74) is 5.34. The molecule has 2 nitrogen and oxygen atoms in total. The van der Waals surface area contributed by atoms with Crippen LogP contribution in [0.3, 0.4) is 0 Å². The largest absolute Gasteiger partial charge is 0.322 e. The highest BCUT2D eigenvalue weighted by atomic mass is 32.2. The van der Waals surface area contributed by atoms with E-state index in [1.54, 1.807) is 0 Å². The maximum Gasteiger partial charge on any atom is 0.255 e. The molecule has 3 aromatic rings. The predicted molar refractivity (Wildman–Crippen MR) is 116 cm³/mol. The molecule has 0 spiro atoms. The molecule has 0 saturated carbocycles. The summed E-state index contributed by atoms with van der Waals surface area (Å²) in [6.07, 6.45) is 0. The molecular formula is C24H25NOS.